The van der Waals surface area contributed by atoms with Gasteiger partial charge in [-0.1, -0.05) is 30.3 Å². The number of likely N-dealkylation sites (N-methyl/N-ethyl adjacent to an activating group) is 2. The van der Waals surface area contributed by atoms with Crippen LogP contribution in [0.2, 0.25) is 0 Å². The second-order valence-electron chi connectivity index (χ2n) is 3.89. The van der Waals surface area contributed by atoms with Gasteiger partial charge in [0.05, 0.1) is 0 Å². The number of benzene rings is 1. The van der Waals surface area contributed by atoms with Crippen LogP contribution in [0.25, 0.3) is 0 Å². The van der Waals surface area contributed by atoms with Gasteiger partial charge in [0.1, 0.15) is 5.25 Å². The molecule has 3 nitrogen and oxygen atoms in total. The van der Waals surface area contributed by atoms with Crippen LogP contribution in [0.3, 0.4) is 0 Å². The summed E-state index contributed by atoms with van der Waals surface area (Å²) in [5.41, 5.74) is 1.07. The molecular formula is C13H20N2OS. The monoisotopic (exact) mass is 252 g/mol. The second-order valence-corrected chi connectivity index (χ2v) is 4.83. The van der Waals surface area contributed by atoms with Gasteiger partial charge in [-0.05, 0) is 18.9 Å². The Kier molecular flexibility index (Phi) is 6.08. The molecule has 4 heteroatoms. The molecule has 0 aromatic heterocycles. The largest absolute Gasteiger partial charge is 0.343 e. The molecule has 0 saturated carbocycles. The van der Waals surface area contributed by atoms with E-state index in [1.807, 2.05) is 50.7 Å². The second kappa shape index (κ2) is 7.35. The van der Waals surface area contributed by atoms with E-state index in [0.717, 1.165) is 18.7 Å². The highest BCUT2D eigenvalue weighted by molar-refractivity contribution is 7.99. The minimum Gasteiger partial charge on any atom is -0.343 e. The van der Waals surface area contributed by atoms with Crippen molar-refractivity contribution in [3.63, 3.8) is 0 Å². The number of carbonyl (C=O) groups excluding carboxylic acids is 1. The number of amides is 1. The predicted octanol–water partition coefficient (Wildman–Crippen LogP) is 1.77. The molecule has 0 aliphatic rings. The van der Waals surface area contributed by atoms with Crippen molar-refractivity contribution in [1.29, 1.82) is 0 Å². The van der Waals surface area contributed by atoms with Crippen LogP contribution in [0, 0.1) is 0 Å². The SMILES string of the molecule is CNCCN(C)C(=O)C(SC)c1ccccc1. The number of hydrogen-bond donors (Lipinski definition) is 1. The first-order valence-electron chi connectivity index (χ1n) is 5.68. The third kappa shape index (κ3) is 4.06. The maximum Gasteiger partial charge on any atom is 0.239 e. The van der Waals surface area contributed by atoms with Crippen LogP contribution in [0.1, 0.15) is 10.8 Å². The highest BCUT2D eigenvalue weighted by Crippen LogP contribution is 2.28. The van der Waals surface area contributed by atoms with E-state index in [1.165, 1.54) is 0 Å². The molecule has 17 heavy (non-hydrogen) atoms. The summed E-state index contributed by atoms with van der Waals surface area (Å²) in [4.78, 5) is 14.0. The molecule has 0 spiro atoms. The Labute approximate surface area is 108 Å². The highest BCUT2D eigenvalue weighted by Gasteiger charge is 2.22. The summed E-state index contributed by atoms with van der Waals surface area (Å²) in [6.45, 7) is 1.55. The summed E-state index contributed by atoms with van der Waals surface area (Å²) in [6.07, 6.45) is 1.97. The van der Waals surface area contributed by atoms with Gasteiger partial charge in [0.25, 0.3) is 0 Å². The van der Waals surface area contributed by atoms with Gasteiger partial charge in [0, 0.05) is 20.1 Å². The number of carbonyl (C=O) groups is 1. The first kappa shape index (κ1) is 14.1. The molecule has 1 N–H and O–H groups in total. The van der Waals surface area contributed by atoms with E-state index < -0.39 is 0 Å². The minimum absolute atomic E-state index is 0.0990. The Morgan fingerprint density at radius 1 is 1.41 bits per heavy atom. The third-order valence-corrected chi connectivity index (χ3v) is 3.58. The third-order valence-electron chi connectivity index (χ3n) is 2.64. The number of nitrogens with one attached hydrogen (secondary N) is 1. The van der Waals surface area contributed by atoms with Crippen molar-refractivity contribution in [3.8, 4) is 0 Å². The number of rotatable bonds is 6. The van der Waals surface area contributed by atoms with Crippen LogP contribution < -0.4 is 5.32 Å². The van der Waals surface area contributed by atoms with E-state index in [-0.39, 0.29) is 11.2 Å². The van der Waals surface area contributed by atoms with Crippen molar-refractivity contribution >= 4 is 17.7 Å². The number of nitrogens with zero attached hydrogens (tertiary/aromatic N) is 1. The van der Waals surface area contributed by atoms with Gasteiger partial charge < -0.3 is 10.2 Å². The zero-order chi connectivity index (χ0) is 12.7. The van der Waals surface area contributed by atoms with Crippen molar-refractivity contribution in [2.75, 3.05) is 33.4 Å². The van der Waals surface area contributed by atoms with E-state index in [9.17, 15) is 4.79 Å². The average Bonchev–Trinajstić information content (AvgIpc) is 2.38. The summed E-state index contributed by atoms with van der Waals surface area (Å²) in [5.74, 6) is 0.166. The Morgan fingerprint density at radius 3 is 2.59 bits per heavy atom. The summed E-state index contributed by atoms with van der Waals surface area (Å²) in [5, 5.41) is 2.95. The maximum absolute atomic E-state index is 12.3. The molecule has 1 rings (SSSR count). The predicted molar refractivity (Wildman–Crippen MR) is 74.3 cm³/mol. The van der Waals surface area contributed by atoms with Gasteiger partial charge in [-0.15, -0.1) is 11.8 Å². The standard InChI is InChI=1S/C13H20N2OS/c1-14-9-10-15(2)13(16)12(17-3)11-7-5-4-6-8-11/h4-8,12,14H,9-10H2,1-3H3. The molecule has 1 aromatic rings. The Morgan fingerprint density at radius 2 is 2.06 bits per heavy atom. The zero-order valence-electron chi connectivity index (χ0n) is 10.6. The van der Waals surface area contributed by atoms with Crippen molar-refractivity contribution in [2.24, 2.45) is 0 Å². The van der Waals surface area contributed by atoms with E-state index in [1.54, 1.807) is 16.7 Å². The summed E-state index contributed by atoms with van der Waals surface area (Å²) in [6, 6.07) is 9.92. The molecular weight excluding hydrogens is 232 g/mol. The van der Waals surface area contributed by atoms with Gasteiger partial charge >= 0.3 is 0 Å². The molecule has 1 aromatic carbocycles. The lowest BCUT2D eigenvalue weighted by molar-refractivity contribution is -0.129. The molecule has 0 fully saturated rings. The molecule has 0 heterocycles. The van der Waals surface area contributed by atoms with E-state index >= 15 is 0 Å². The molecule has 0 radical (unpaired) electrons. The van der Waals surface area contributed by atoms with Crippen molar-refractivity contribution in [1.82, 2.24) is 10.2 Å². The molecule has 1 unspecified atom stereocenters. The Balaban J connectivity index is 2.71. The lowest BCUT2D eigenvalue weighted by atomic mass is 10.1. The van der Waals surface area contributed by atoms with Gasteiger partial charge in [-0.3, -0.25) is 4.79 Å². The van der Waals surface area contributed by atoms with Gasteiger partial charge in [-0.2, -0.15) is 0 Å². The van der Waals surface area contributed by atoms with Crippen molar-refractivity contribution < 1.29 is 4.79 Å². The lowest BCUT2D eigenvalue weighted by Gasteiger charge is -2.22. The summed E-state index contributed by atoms with van der Waals surface area (Å²) >= 11 is 1.58. The van der Waals surface area contributed by atoms with E-state index in [0.29, 0.717) is 0 Å². The zero-order valence-corrected chi connectivity index (χ0v) is 11.5. The maximum atomic E-state index is 12.3. The average molecular weight is 252 g/mol. The van der Waals surface area contributed by atoms with Crippen LogP contribution in [0.4, 0.5) is 0 Å². The van der Waals surface area contributed by atoms with Crippen molar-refractivity contribution in [3.05, 3.63) is 35.9 Å². The Bertz CT molecular complexity index is 343. The van der Waals surface area contributed by atoms with Crippen LogP contribution >= 0.6 is 11.8 Å². The first-order chi connectivity index (χ1) is 8.20. The normalized spacial score (nSPS) is 12.2. The molecule has 0 aliphatic heterocycles. The van der Waals surface area contributed by atoms with Crippen molar-refractivity contribution in [2.45, 2.75) is 5.25 Å². The molecule has 94 valence electrons. The van der Waals surface area contributed by atoms with Gasteiger partial charge in [-0.25, -0.2) is 0 Å². The van der Waals surface area contributed by atoms with Crippen LogP contribution in [0.5, 0.6) is 0 Å². The Hall–Kier alpha value is -1.00. The van der Waals surface area contributed by atoms with Crippen LogP contribution in [-0.2, 0) is 4.79 Å². The van der Waals surface area contributed by atoms with Gasteiger partial charge in [0.15, 0.2) is 0 Å². The summed E-state index contributed by atoms with van der Waals surface area (Å²) in [7, 11) is 3.74. The minimum atomic E-state index is -0.0990. The topological polar surface area (TPSA) is 32.3 Å². The van der Waals surface area contributed by atoms with Gasteiger partial charge in [0.2, 0.25) is 5.91 Å². The van der Waals surface area contributed by atoms with Crippen LogP contribution in [0.15, 0.2) is 30.3 Å². The lowest BCUT2D eigenvalue weighted by Crippen LogP contribution is -2.35. The fourth-order valence-corrected chi connectivity index (χ4v) is 2.41. The first-order valence-corrected chi connectivity index (χ1v) is 6.96. The fourth-order valence-electron chi connectivity index (χ4n) is 1.60. The van der Waals surface area contributed by atoms with E-state index in [4.69, 9.17) is 0 Å². The van der Waals surface area contributed by atoms with Crippen LogP contribution in [-0.4, -0.2) is 44.2 Å². The molecule has 1 amide bonds. The highest BCUT2D eigenvalue weighted by atomic mass is 32.2. The fraction of sp³-hybridized carbons (Fsp3) is 0.462. The summed E-state index contributed by atoms with van der Waals surface area (Å²) < 4.78 is 0. The quantitative estimate of drug-likeness (QED) is 0.837. The number of thioether (sulfide) groups is 1. The molecule has 1 atom stereocenters. The smallest absolute Gasteiger partial charge is 0.239 e. The molecule has 0 bridgehead atoms. The molecule has 0 aliphatic carbocycles. The number of hydrogen-bond acceptors (Lipinski definition) is 3. The van der Waals surface area contributed by atoms with E-state index in [2.05, 4.69) is 5.32 Å². The molecule has 0 saturated heterocycles.